The van der Waals surface area contributed by atoms with Gasteiger partial charge in [-0.1, -0.05) is 13.8 Å². The summed E-state index contributed by atoms with van der Waals surface area (Å²) < 4.78 is 20.5. The molecule has 0 aliphatic heterocycles. The molecule has 0 aliphatic carbocycles. The highest BCUT2D eigenvalue weighted by Crippen LogP contribution is 2.19. The van der Waals surface area contributed by atoms with Crippen LogP contribution in [0, 0.1) is 25.6 Å². The molecule has 6 nitrogen and oxygen atoms in total. The highest BCUT2D eigenvalue weighted by molar-refractivity contribution is 5.94. The van der Waals surface area contributed by atoms with Crippen molar-refractivity contribution < 1.29 is 18.7 Å². The molecule has 2 aromatic rings. The first-order valence-electron chi connectivity index (χ1n) is 8.93. The van der Waals surface area contributed by atoms with Crippen LogP contribution in [0.4, 0.5) is 10.1 Å². The number of nitrogens with zero attached hydrogens (tertiary/aromatic N) is 2. The molecule has 1 aromatic carbocycles. The van der Waals surface area contributed by atoms with Crippen LogP contribution in [0.15, 0.2) is 18.2 Å². The molecule has 0 saturated carbocycles. The largest absolute Gasteiger partial charge is 0.465 e. The highest BCUT2D eigenvalue weighted by Gasteiger charge is 2.16. The number of aryl methyl sites for hydroxylation is 1. The minimum absolute atomic E-state index is 0.0353. The number of aromatic nitrogens is 2. The summed E-state index contributed by atoms with van der Waals surface area (Å²) in [7, 11) is 1.24. The molecule has 1 heterocycles. The summed E-state index contributed by atoms with van der Waals surface area (Å²) >= 11 is 0. The Hall–Kier alpha value is -2.70. The minimum Gasteiger partial charge on any atom is -0.465 e. The van der Waals surface area contributed by atoms with Gasteiger partial charge in [-0.15, -0.1) is 0 Å². The van der Waals surface area contributed by atoms with Crippen LogP contribution >= 0.6 is 0 Å². The summed E-state index contributed by atoms with van der Waals surface area (Å²) in [6.07, 6.45) is 0.705. The van der Waals surface area contributed by atoms with Crippen LogP contribution in [0.5, 0.6) is 0 Å². The quantitative estimate of drug-likeness (QED) is 0.750. The van der Waals surface area contributed by atoms with E-state index in [4.69, 9.17) is 0 Å². The van der Waals surface area contributed by atoms with Gasteiger partial charge in [0.1, 0.15) is 5.82 Å². The Labute approximate surface area is 158 Å². The third-order valence-corrected chi connectivity index (χ3v) is 4.33. The van der Waals surface area contributed by atoms with Crippen LogP contribution in [0.3, 0.4) is 0 Å². The lowest BCUT2D eigenvalue weighted by molar-refractivity contribution is -0.116. The highest BCUT2D eigenvalue weighted by atomic mass is 19.1. The van der Waals surface area contributed by atoms with Gasteiger partial charge in [0.25, 0.3) is 0 Å². The van der Waals surface area contributed by atoms with Gasteiger partial charge in [0, 0.05) is 18.7 Å². The van der Waals surface area contributed by atoms with Crippen molar-refractivity contribution in [1.29, 1.82) is 0 Å². The number of hydrogen-bond acceptors (Lipinski definition) is 4. The van der Waals surface area contributed by atoms with Gasteiger partial charge in [-0.05, 0) is 49.9 Å². The number of carbonyl (C=O) groups excluding carboxylic acids is 2. The van der Waals surface area contributed by atoms with Gasteiger partial charge in [-0.3, -0.25) is 9.48 Å². The maximum atomic E-state index is 13.9. The zero-order valence-corrected chi connectivity index (χ0v) is 16.4. The molecule has 0 fully saturated rings. The molecule has 0 unspecified atom stereocenters. The van der Waals surface area contributed by atoms with Crippen molar-refractivity contribution in [3.8, 4) is 0 Å². The van der Waals surface area contributed by atoms with E-state index < -0.39 is 11.8 Å². The fourth-order valence-corrected chi connectivity index (χ4v) is 2.94. The van der Waals surface area contributed by atoms with Crippen molar-refractivity contribution in [3.05, 3.63) is 46.5 Å². The van der Waals surface area contributed by atoms with Gasteiger partial charge in [0.05, 0.1) is 24.1 Å². The maximum absolute atomic E-state index is 13.9. The molecule has 2 rings (SSSR count). The molecule has 1 aromatic heterocycles. The Morgan fingerprint density at radius 1 is 1.30 bits per heavy atom. The van der Waals surface area contributed by atoms with Crippen LogP contribution in [-0.4, -0.2) is 28.8 Å². The van der Waals surface area contributed by atoms with Gasteiger partial charge in [0.15, 0.2) is 0 Å². The van der Waals surface area contributed by atoms with Gasteiger partial charge >= 0.3 is 5.97 Å². The molecule has 7 heteroatoms. The van der Waals surface area contributed by atoms with Crippen molar-refractivity contribution in [3.63, 3.8) is 0 Å². The molecule has 27 heavy (non-hydrogen) atoms. The first kappa shape index (κ1) is 20.6. The second-order valence-corrected chi connectivity index (χ2v) is 6.96. The number of carbonyl (C=O) groups is 2. The molecule has 146 valence electrons. The van der Waals surface area contributed by atoms with Gasteiger partial charge in [0.2, 0.25) is 5.91 Å². The van der Waals surface area contributed by atoms with Crippen molar-refractivity contribution in [2.45, 2.75) is 47.1 Å². The second kappa shape index (κ2) is 8.79. The van der Waals surface area contributed by atoms with Gasteiger partial charge in [-0.2, -0.15) is 5.10 Å². The topological polar surface area (TPSA) is 73.2 Å². The third-order valence-electron chi connectivity index (χ3n) is 4.33. The van der Waals surface area contributed by atoms with E-state index in [1.807, 2.05) is 18.5 Å². The normalized spacial score (nSPS) is 10.9. The third kappa shape index (κ3) is 5.15. The zero-order valence-electron chi connectivity index (χ0n) is 16.4. The number of anilines is 1. The summed E-state index contributed by atoms with van der Waals surface area (Å²) in [6, 6.07) is 3.72. The molecule has 0 radical (unpaired) electrons. The Kier molecular flexibility index (Phi) is 6.71. The molecule has 0 bridgehead atoms. The van der Waals surface area contributed by atoms with E-state index in [0.717, 1.165) is 29.6 Å². The van der Waals surface area contributed by atoms with Gasteiger partial charge in [-0.25, -0.2) is 9.18 Å². The Morgan fingerprint density at radius 2 is 2.00 bits per heavy atom. The van der Waals surface area contributed by atoms with Crippen molar-refractivity contribution in [2.24, 2.45) is 5.92 Å². The maximum Gasteiger partial charge on any atom is 0.337 e. The van der Waals surface area contributed by atoms with Crippen molar-refractivity contribution in [1.82, 2.24) is 9.78 Å². The van der Waals surface area contributed by atoms with Crippen LogP contribution < -0.4 is 5.32 Å². The number of methoxy groups -OCH3 is 1. The average Bonchev–Trinajstić information content (AvgIpc) is 2.87. The number of hydrogen-bond donors (Lipinski definition) is 1. The molecule has 0 aliphatic rings. The van der Waals surface area contributed by atoms with Crippen molar-refractivity contribution >= 4 is 17.6 Å². The standard InChI is InChI=1S/C20H26FN3O3/c1-12(2)11-24-14(4)16(13(3)23-24)7-9-19(25)22-18-10-15(20(26)27-5)6-8-17(18)21/h6,8,10,12H,7,9,11H2,1-5H3,(H,22,25). The van der Waals surface area contributed by atoms with E-state index in [9.17, 15) is 14.0 Å². The number of halogens is 1. The van der Waals surface area contributed by atoms with E-state index in [2.05, 4.69) is 29.0 Å². The predicted molar refractivity (Wildman–Crippen MR) is 101 cm³/mol. The molecule has 0 atom stereocenters. The molecule has 0 spiro atoms. The average molecular weight is 375 g/mol. The summed E-state index contributed by atoms with van der Waals surface area (Å²) in [6.45, 7) is 9.00. The number of rotatable bonds is 7. The summed E-state index contributed by atoms with van der Waals surface area (Å²) in [5.41, 5.74) is 3.13. The second-order valence-electron chi connectivity index (χ2n) is 6.96. The number of nitrogens with one attached hydrogen (secondary N) is 1. The van der Waals surface area contributed by atoms with Gasteiger partial charge < -0.3 is 10.1 Å². The SMILES string of the molecule is COC(=O)c1ccc(F)c(NC(=O)CCc2c(C)nn(CC(C)C)c2C)c1. The van der Waals surface area contributed by atoms with Crippen molar-refractivity contribution in [2.75, 3.05) is 12.4 Å². The smallest absolute Gasteiger partial charge is 0.337 e. The van der Waals surface area contributed by atoms with Crippen LogP contribution in [0.2, 0.25) is 0 Å². The number of ether oxygens (including phenoxy) is 1. The Morgan fingerprint density at radius 3 is 2.63 bits per heavy atom. The van der Waals surface area contributed by atoms with E-state index in [1.165, 1.54) is 19.2 Å². The van der Waals surface area contributed by atoms with E-state index in [1.54, 1.807) is 0 Å². The molecule has 0 saturated heterocycles. The fraction of sp³-hybridized carbons (Fsp3) is 0.450. The molecular weight excluding hydrogens is 349 g/mol. The first-order chi connectivity index (χ1) is 12.7. The number of esters is 1. The zero-order chi connectivity index (χ0) is 20.1. The van der Waals surface area contributed by atoms with Crippen LogP contribution in [0.1, 0.15) is 47.6 Å². The van der Waals surface area contributed by atoms with Crippen LogP contribution in [0.25, 0.3) is 0 Å². The lowest BCUT2D eigenvalue weighted by atomic mass is 10.1. The lowest BCUT2D eigenvalue weighted by Crippen LogP contribution is -2.15. The van der Waals surface area contributed by atoms with E-state index >= 15 is 0 Å². The Bertz CT molecular complexity index is 843. The van der Waals surface area contributed by atoms with E-state index in [-0.39, 0.29) is 23.6 Å². The molecule has 1 amide bonds. The van der Waals surface area contributed by atoms with E-state index in [0.29, 0.717) is 12.3 Å². The van der Waals surface area contributed by atoms with Crippen LogP contribution in [-0.2, 0) is 22.5 Å². The fourth-order valence-electron chi connectivity index (χ4n) is 2.94. The summed E-state index contributed by atoms with van der Waals surface area (Å²) in [5.74, 6) is -1.04. The monoisotopic (exact) mass is 375 g/mol. The minimum atomic E-state index is -0.604. The Balaban J connectivity index is 2.05. The summed E-state index contributed by atoms with van der Waals surface area (Å²) in [5, 5.41) is 7.07. The summed E-state index contributed by atoms with van der Waals surface area (Å²) in [4.78, 5) is 23.8. The lowest BCUT2D eigenvalue weighted by Gasteiger charge is -2.09. The number of amides is 1. The predicted octanol–water partition coefficient (Wildman–Crippen LogP) is 3.65. The molecule has 1 N–H and O–H groups in total. The number of benzene rings is 1. The molecular formula is C20H26FN3O3. The first-order valence-corrected chi connectivity index (χ1v) is 8.93.